The van der Waals surface area contributed by atoms with E-state index in [4.69, 9.17) is 0 Å². The molecule has 4 aromatic rings. The topological polar surface area (TPSA) is 58.2 Å². The molecule has 2 heterocycles. The molecular weight excluding hydrogens is 444 g/mol. The lowest BCUT2D eigenvalue weighted by Gasteiger charge is -2.06. The van der Waals surface area contributed by atoms with Crippen LogP contribution in [0.2, 0.25) is 0 Å². The van der Waals surface area contributed by atoms with Crippen molar-refractivity contribution in [2.45, 2.75) is 12.8 Å². The van der Waals surface area contributed by atoms with Crippen molar-refractivity contribution in [3.05, 3.63) is 70.4 Å². The zero-order chi connectivity index (χ0) is 21.5. The van der Waals surface area contributed by atoms with Crippen LogP contribution in [0, 0.1) is 0 Å². The summed E-state index contributed by atoms with van der Waals surface area (Å²) >= 11 is 4.82. The predicted molar refractivity (Wildman–Crippen MR) is 134 cm³/mol. The number of hydrogen-bond donors (Lipinski definition) is 2. The van der Waals surface area contributed by atoms with Gasteiger partial charge in [0.05, 0.1) is 11.5 Å². The van der Waals surface area contributed by atoms with Gasteiger partial charge in [-0.3, -0.25) is 9.59 Å². The van der Waals surface area contributed by atoms with E-state index in [-0.39, 0.29) is 11.8 Å². The maximum Gasteiger partial charge on any atom is 0.230 e. The van der Waals surface area contributed by atoms with Crippen molar-refractivity contribution in [1.82, 2.24) is 10.6 Å². The van der Waals surface area contributed by atoms with E-state index in [0.717, 1.165) is 12.8 Å². The SMILES string of the molecule is O=C(CSCC(=O)NCCc1csc2ccccc12)NCCc1csc2ccccc12. The number of nitrogens with one attached hydrogen (secondary N) is 2. The molecule has 0 bridgehead atoms. The molecule has 2 amide bonds. The number of thioether (sulfide) groups is 1. The lowest BCUT2D eigenvalue weighted by atomic mass is 10.1. The molecule has 0 saturated heterocycles. The molecule has 2 aromatic heterocycles. The van der Waals surface area contributed by atoms with Crippen LogP contribution in [0.5, 0.6) is 0 Å². The maximum atomic E-state index is 12.1. The number of carbonyl (C=O) groups is 2. The van der Waals surface area contributed by atoms with Crippen LogP contribution < -0.4 is 10.6 Å². The molecule has 0 radical (unpaired) electrons. The summed E-state index contributed by atoms with van der Waals surface area (Å²) in [5.74, 6) is 0.545. The Morgan fingerprint density at radius 3 is 1.65 bits per heavy atom. The second kappa shape index (κ2) is 10.8. The normalized spacial score (nSPS) is 11.1. The van der Waals surface area contributed by atoms with Gasteiger partial charge in [-0.15, -0.1) is 34.4 Å². The third kappa shape index (κ3) is 5.87. The number of carbonyl (C=O) groups excluding carboxylic acids is 2. The Morgan fingerprint density at radius 2 is 1.16 bits per heavy atom. The van der Waals surface area contributed by atoms with E-state index in [2.05, 4.69) is 45.7 Å². The van der Waals surface area contributed by atoms with Gasteiger partial charge in [0.15, 0.2) is 0 Å². The van der Waals surface area contributed by atoms with Crippen LogP contribution in [0.15, 0.2) is 59.3 Å². The number of hydrogen-bond acceptors (Lipinski definition) is 5. The molecule has 7 heteroatoms. The molecule has 4 rings (SSSR count). The molecule has 0 spiro atoms. The Balaban J connectivity index is 1.10. The first-order valence-electron chi connectivity index (χ1n) is 10.2. The van der Waals surface area contributed by atoms with Crippen LogP contribution in [-0.2, 0) is 22.4 Å². The Morgan fingerprint density at radius 1 is 0.710 bits per heavy atom. The van der Waals surface area contributed by atoms with Crippen LogP contribution in [-0.4, -0.2) is 36.4 Å². The Hall–Kier alpha value is -2.35. The second-order valence-corrected chi connectivity index (χ2v) is 10.0. The van der Waals surface area contributed by atoms with Gasteiger partial charge in [-0.1, -0.05) is 36.4 Å². The smallest absolute Gasteiger partial charge is 0.230 e. The summed E-state index contributed by atoms with van der Waals surface area (Å²) in [6, 6.07) is 16.7. The van der Waals surface area contributed by atoms with Crippen LogP contribution >= 0.6 is 34.4 Å². The fourth-order valence-corrected chi connectivity index (χ4v) is 6.14. The minimum atomic E-state index is -0.0259. The third-order valence-corrected chi connectivity index (χ3v) is 7.98. The van der Waals surface area contributed by atoms with Gasteiger partial charge in [0.25, 0.3) is 0 Å². The zero-order valence-electron chi connectivity index (χ0n) is 17.1. The highest BCUT2D eigenvalue weighted by Gasteiger charge is 2.08. The van der Waals surface area contributed by atoms with E-state index in [1.54, 1.807) is 22.7 Å². The van der Waals surface area contributed by atoms with Gasteiger partial charge in [-0.2, -0.15) is 0 Å². The minimum absolute atomic E-state index is 0.0259. The monoisotopic (exact) mass is 468 g/mol. The van der Waals surface area contributed by atoms with Crippen molar-refractivity contribution in [1.29, 1.82) is 0 Å². The van der Waals surface area contributed by atoms with E-state index in [1.165, 1.54) is 43.1 Å². The summed E-state index contributed by atoms with van der Waals surface area (Å²) in [7, 11) is 0. The number of benzene rings is 2. The van der Waals surface area contributed by atoms with Crippen molar-refractivity contribution in [2.24, 2.45) is 0 Å². The molecule has 0 atom stereocenters. The van der Waals surface area contributed by atoms with Crippen LogP contribution in [0.4, 0.5) is 0 Å². The highest BCUT2D eigenvalue weighted by atomic mass is 32.2. The standard InChI is InChI=1S/C24H24N2O2S3/c27-23(25-11-9-17-13-30-21-7-3-1-5-19(17)21)15-29-16-24(28)26-12-10-18-14-31-22-8-4-2-6-20(18)22/h1-8,13-14H,9-12,15-16H2,(H,25,27)(H,26,28). The first kappa shape index (κ1) is 21.9. The summed E-state index contributed by atoms with van der Waals surface area (Å²) < 4.78 is 2.55. The molecule has 0 aliphatic heterocycles. The molecule has 0 saturated carbocycles. The van der Waals surface area contributed by atoms with E-state index < -0.39 is 0 Å². The van der Waals surface area contributed by atoms with Crippen molar-refractivity contribution < 1.29 is 9.59 Å². The lowest BCUT2D eigenvalue weighted by Crippen LogP contribution is -2.30. The predicted octanol–water partition coefficient (Wildman–Crippen LogP) is 4.87. The Bertz CT molecular complexity index is 1090. The minimum Gasteiger partial charge on any atom is -0.355 e. The van der Waals surface area contributed by atoms with Gasteiger partial charge in [0.2, 0.25) is 11.8 Å². The maximum absolute atomic E-state index is 12.1. The summed E-state index contributed by atoms with van der Waals surface area (Å²) in [6.45, 7) is 1.22. The Kier molecular flexibility index (Phi) is 7.61. The van der Waals surface area contributed by atoms with Gasteiger partial charge in [0, 0.05) is 22.5 Å². The first-order valence-corrected chi connectivity index (χ1v) is 13.1. The average Bonchev–Trinajstić information content (AvgIpc) is 3.38. The van der Waals surface area contributed by atoms with E-state index >= 15 is 0 Å². The van der Waals surface area contributed by atoms with Gasteiger partial charge in [-0.25, -0.2) is 0 Å². The van der Waals surface area contributed by atoms with Gasteiger partial charge >= 0.3 is 0 Å². The zero-order valence-corrected chi connectivity index (χ0v) is 19.5. The number of thiophene rings is 2. The molecule has 0 fully saturated rings. The molecule has 0 aliphatic rings. The van der Waals surface area contributed by atoms with Gasteiger partial charge in [-0.05, 0) is 57.6 Å². The second-order valence-electron chi connectivity index (χ2n) is 7.21. The molecule has 31 heavy (non-hydrogen) atoms. The largest absolute Gasteiger partial charge is 0.355 e. The van der Waals surface area contributed by atoms with Crippen LogP contribution in [0.1, 0.15) is 11.1 Å². The molecule has 2 N–H and O–H groups in total. The van der Waals surface area contributed by atoms with Gasteiger partial charge in [0.1, 0.15) is 0 Å². The van der Waals surface area contributed by atoms with E-state index in [9.17, 15) is 9.59 Å². The molecule has 0 unspecified atom stereocenters. The number of rotatable bonds is 10. The van der Waals surface area contributed by atoms with Crippen molar-refractivity contribution in [3.8, 4) is 0 Å². The molecule has 2 aromatic carbocycles. The third-order valence-electron chi connectivity index (χ3n) is 5.02. The fourth-order valence-electron chi connectivity index (χ4n) is 3.46. The quantitative estimate of drug-likeness (QED) is 0.349. The highest BCUT2D eigenvalue weighted by Crippen LogP contribution is 2.26. The number of fused-ring (bicyclic) bond motifs is 2. The van der Waals surface area contributed by atoms with Crippen LogP contribution in [0.3, 0.4) is 0 Å². The van der Waals surface area contributed by atoms with Gasteiger partial charge < -0.3 is 10.6 Å². The molecule has 160 valence electrons. The van der Waals surface area contributed by atoms with Crippen molar-refractivity contribution in [3.63, 3.8) is 0 Å². The summed E-state index contributed by atoms with van der Waals surface area (Å²) in [6.07, 6.45) is 1.64. The summed E-state index contributed by atoms with van der Waals surface area (Å²) in [5, 5.41) is 12.8. The van der Waals surface area contributed by atoms with Crippen molar-refractivity contribution >= 4 is 66.4 Å². The van der Waals surface area contributed by atoms with E-state index in [1.807, 2.05) is 24.3 Å². The first-order chi connectivity index (χ1) is 15.2. The molecule has 0 aliphatic carbocycles. The van der Waals surface area contributed by atoms with Crippen LogP contribution in [0.25, 0.3) is 20.2 Å². The lowest BCUT2D eigenvalue weighted by molar-refractivity contribution is -0.118. The van der Waals surface area contributed by atoms with Crippen molar-refractivity contribution in [2.75, 3.05) is 24.6 Å². The van der Waals surface area contributed by atoms with E-state index in [0.29, 0.717) is 24.6 Å². The molecule has 4 nitrogen and oxygen atoms in total. The number of amides is 2. The summed E-state index contributed by atoms with van der Waals surface area (Å²) in [4.78, 5) is 24.1. The highest BCUT2D eigenvalue weighted by molar-refractivity contribution is 8.00. The summed E-state index contributed by atoms with van der Waals surface area (Å²) in [5.41, 5.74) is 2.54. The average molecular weight is 469 g/mol. The fraction of sp³-hybridized carbons (Fsp3) is 0.250. The Labute approximate surface area is 194 Å². The molecular formula is C24H24N2O2S3.